The van der Waals surface area contributed by atoms with Crippen LogP contribution >= 0.6 is 11.6 Å². The molecule has 0 aliphatic heterocycles. The Morgan fingerprint density at radius 3 is 2.36 bits per heavy atom. The summed E-state index contributed by atoms with van der Waals surface area (Å²) in [6, 6.07) is 7.22. The SMILES string of the molecule is COC(=O)c1ccc(Nc2cc(F)ccc2Cl)c(NC(=O)c2cc(F)cc(C(F)(F)F)c2)n1. The van der Waals surface area contributed by atoms with E-state index < -0.39 is 40.8 Å². The van der Waals surface area contributed by atoms with Crippen LogP contribution in [-0.2, 0) is 10.9 Å². The average molecular weight is 486 g/mol. The Bertz CT molecular complexity index is 1230. The van der Waals surface area contributed by atoms with Crippen molar-refractivity contribution in [3.8, 4) is 0 Å². The number of alkyl halides is 3. The number of esters is 1. The second kappa shape index (κ2) is 9.41. The molecule has 0 saturated carbocycles. The molecule has 1 amide bonds. The van der Waals surface area contributed by atoms with Gasteiger partial charge in [0.2, 0.25) is 0 Å². The highest BCUT2D eigenvalue weighted by Gasteiger charge is 2.32. The third-order valence-electron chi connectivity index (χ3n) is 4.21. The van der Waals surface area contributed by atoms with Crippen LogP contribution in [0, 0.1) is 11.6 Å². The lowest BCUT2D eigenvalue weighted by atomic mass is 10.1. The van der Waals surface area contributed by atoms with E-state index >= 15 is 0 Å². The Labute approximate surface area is 188 Å². The van der Waals surface area contributed by atoms with Crippen LogP contribution in [0.3, 0.4) is 0 Å². The van der Waals surface area contributed by atoms with Crippen LogP contribution in [0.1, 0.15) is 26.4 Å². The molecular weight excluding hydrogens is 473 g/mol. The lowest BCUT2D eigenvalue weighted by Crippen LogP contribution is -2.17. The van der Waals surface area contributed by atoms with Gasteiger partial charge in [-0.15, -0.1) is 0 Å². The number of halogens is 6. The van der Waals surface area contributed by atoms with Gasteiger partial charge in [0.1, 0.15) is 11.6 Å². The zero-order chi connectivity index (χ0) is 24.3. The second-order valence-electron chi connectivity index (χ2n) is 6.51. The molecular formula is C21H13ClF5N3O3. The molecule has 0 radical (unpaired) electrons. The molecule has 2 N–H and O–H groups in total. The summed E-state index contributed by atoms with van der Waals surface area (Å²) < 4.78 is 70.8. The number of pyridine rings is 1. The molecule has 0 unspecified atom stereocenters. The molecule has 0 spiro atoms. The first kappa shape index (κ1) is 23.9. The Hall–Kier alpha value is -3.73. The first-order valence-corrected chi connectivity index (χ1v) is 9.36. The number of nitrogens with one attached hydrogen (secondary N) is 2. The highest BCUT2D eigenvalue weighted by Crippen LogP contribution is 2.32. The molecule has 6 nitrogen and oxygen atoms in total. The summed E-state index contributed by atoms with van der Waals surface area (Å²) in [5.74, 6) is -4.27. The second-order valence-corrected chi connectivity index (χ2v) is 6.92. The van der Waals surface area contributed by atoms with Gasteiger partial charge in [-0.05, 0) is 48.5 Å². The van der Waals surface area contributed by atoms with Gasteiger partial charge in [0.05, 0.1) is 29.1 Å². The van der Waals surface area contributed by atoms with Crippen LogP contribution in [-0.4, -0.2) is 24.0 Å². The summed E-state index contributed by atoms with van der Waals surface area (Å²) in [4.78, 5) is 28.4. The van der Waals surface area contributed by atoms with E-state index in [2.05, 4.69) is 20.4 Å². The van der Waals surface area contributed by atoms with Crippen LogP contribution in [0.25, 0.3) is 0 Å². The van der Waals surface area contributed by atoms with Crippen molar-refractivity contribution >= 4 is 40.7 Å². The van der Waals surface area contributed by atoms with E-state index in [4.69, 9.17) is 11.6 Å². The zero-order valence-electron chi connectivity index (χ0n) is 16.6. The number of benzene rings is 2. The van der Waals surface area contributed by atoms with Crippen LogP contribution in [0.15, 0.2) is 48.5 Å². The number of amides is 1. The van der Waals surface area contributed by atoms with Crippen molar-refractivity contribution in [3.63, 3.8) is 0 Å². The number of methoxy groups -OCH3 is 1. The van der Waals surface area contributed by atoms with Crippen molar-refractivity contribution < 1.29 is 36.3 Å². The lowest BCUT2D eigenvalue weighted by molar-refractivity contribution is -0.137. The van der Waals surface area contributed by atoms with E-state index in [-0.39, 0.29) is 34.0 Å². The Balaban J connectivity index is 2.01. The standard InChI is InChI=1S/C21H13ClF5N3O3/c1-33-20(32)16-5-4-15(28-17-9-12(23)2-3-14(17)22)18(29-16)30-19(31)10-6-11(21(25,26)27)8-13(24)7-10/h2-9,28H,1H3,(H,29,30,31). The van der Waals surface area contributed by atoms with E-state index in [1.807, 2.05) is 0 Å². The Morgan fingerprint density at radius 1 is 0.970 bits per heavy atom. The van der Waals surface area contributed by atoms with Gasteiger partial charge in [-0.2, -0.15) is 13.2 Å². The number of aromatic nitrogens is 1. The van der Waals surface area contributed by atoms with Crippen LogP contribution in [0.5, 0.6) is 0 Å². The minimum Gasteiger partial charge on any atom is -0.464 e. The van der Waals surface area contributed by atoms with Crippen molar-refractivity contribution in [2.75, 3.05) is 17.7 Å². The van der Waals surface area contributed by atoms with Gasteiger partial charge in [-0.25, -0.2) is 18.6 Å². The number of carbonyl (C=O) groups is 2. The molecule has 3 aromatic rings. The number of anilines is 3. The summed E-state index contributed by atoms with van der Waals surface area (Å²) in [6.07, 6.45) is -4.89. The Morgan fingerprint density at radius 2 is 1.70 bits per heavy atom. The molecule has 1 heterocycles. The van der Waals surface area contributed by atoms with Crippen molar-refractivity contribution in [3.05, 3.63) is 82.0 Å². The van der Waals surface area contributed by atoms with Crippen molar-refractivity contribution in [1.82, 2.24) is 4.98 Å². The van der Waals surface area contributed by atoms with Gasteiger partial charge in [0.15, 0.2) is 11.5 Å². The van der Waals surface area contributed by atoms with E-state index in [0.29, 0.717) is 12.1 Å². The summed E-state index contributed by atoms with van der Waals surface area (Å²) in [7, 11) is 1.09. The Kier molecular flexibility index (Phi) is 6.82. The minimum atomic E-state index is -4.89. The molecule has 3 rings (SSSR count). The first-order chi connectivity index (χ1) is 15.5. The van der Waals surface area contributed by atoms with Crippen LogP contribution in [0.2, 0.25) is 5.02 Å². The quantitative estimate of drug-likeness (QED) is 0.352. The molecule has 1 aromatic heterocycles. The third kappa shape index (κ3) is 5.75. The molecule has 33 heavy (non-hydrogen) atoms. The number of hydrogen-bond acceptors (Lipinski definition) is 5. The van der Waals surface area contributed by atoms with E-state index in [0.717, 1.165) is 19.2 Å². The lowest BCUT2D eigenvalue weighted by Gasteiger charge is -2.15. The van der Waals surface area contributed by atoms with Crippen molar-refractivity contribution in [1.29, 1.82) is 0 Å². The maximum absolute atomic E-state index is 13.7. The summed E-state index contributed by atoms with van der Waals surface area (Å²) in [5.41, 5.74) is -2.18. The van der Waals surface area contributed by atoms with Crippen molar-refractivity contribution in [2.45, 2.75) is 6.18 Å². The number of carbonyl (C=O) groups excluding carboxylic acids is 2. The normalized spacial score (nSPS) is 11.1. The fourth-order valence-electron chi connectivity index (χ4n) is 2.68. The highest BCUT2D eigenvalue weighted by atomic mass is 35.5. The fourth-order valence-corrected chi connectivity index (χ4v) is 2.84. The molecule has 0 fully saturated rings. The van der Waals surface area contributed by atoms with Gasteiger partial charge in [-0.3, -0.25) is 4.79 Å². The topological polar surface area (TPSA) is 80.3 Å². The number of nitrogens with zero attached hydrogens (tertiary/aromatic N) is 1. The maximum atomic E-state index is 13.7. The van der Waals surface area contributed by atoms with Crippen LogP contribution in [0.4, 0.5) is 39.1 Å². The minimum absolute atomic E-state index is 0.0101. The largest absolute Gasteiger partial charge is 0.464 e. The first-order valence-electron chi connectivity index (χ1n) is 8.98. The summed E-state index contributed by atoms with van der Waals surface area (Å²) in [5, 5.41) is 5.03. The van der Waals surface area contributed by atoms with E-state index in [9.17, 15) is 31.5 Å². The maximum Gasteiger partial charge on any atom is 0.416 e. The molecule has 172 valence electrons. The van der Waals surface area contributed by atoms with Crippen molar-refractivity contribution in [2.24, 2.45) is 0 Å². The zero-order valence-corrected chi connectivity index (χ0v) is 17.3. The fraction of sp³-hybridized carbons (Fsp3) is 0.0952. The van der Waals surface area contributed by atoms with Crippen LogP contribution < -0.4 is 10.6 Å². The van der Waals surface area contributed by atoms with E-state index in [1.165, 1.54) is 18.2 Å². The molecule has 12 heteroatoms. The predicted octanol–water partition coefficient (Wildman–Crippen LogP) is 5.81. The summed E-state index contributed by atoms with van der Waals surface area (Å²) in [6.45, 7) is 0. The van der Waals surface area contributed by atoms with E-state index in [1.54, 1.807) is 0 Å². The molecule has 0 aliphatic rings. The number of hydrogen-bond donors (Lipinski definition) is 2. The average Bonchev–Trinajstić information content (AvgIpc) is 2.75. The van der Waals surface area contributed by atoms with Gasteiger partial charge in [0, 0.05) is 5.56 Å². The monoisotopic (exact) mass is 485 g/mol. The highest BCUT2D eigenvalue weighted by molar-refractivity contribution is 6.33. The molecule has 0 saturated heterocycles. The molecule has 2 aromatic carbocycles. The number of rotatable bonds is 5. The van der Waals surface area contributed by atoms with Gasteiger partial charge < -0.3 is 15.4 Å². The molecule has 0 bridgehead atoms. The summed E-state index contributed by atoms with van der Waals surface area (Å²) >= 11 is 6.02. The molecule has 0 atom stereocenters. The van der Waals surface area contributed by atoms with Gasteiger partial charge in [0.25, 0.3) is 5.91 Å². The third-order valence-corrected chi connectivity index (χ3v) is 4.54. The van der Waals surface area contributed by atoms with Gasteiger partial charge in [-0.1, -0.05) is 11.6 Å². The molecule has 0 aliphatic carbocycles. The number of ether oxygens (including phenoxy) is 1. The van der Waals surface area contributed by atoms with Gasteiger partial charge >= 0.3 is 12.1 Å². The smallest absolute Gasteiger partial charge is 0.416 e. The predicted molar refractivity (Wildman–Crippen MR) is 110 cm³/mol.